The van der Waals surface area contributed by atoms with E-state index < -0.39 is 16.0 Å². The van der Waals surface area contributed by atoms with Crippen molar-refractivity contribution >= 4 is 43.7 Å². The number of aromatic carboxylic acids is 1. The molecule has 0 atom stereocenters. The number of hydrogen-bond acceptors (Lipinski definition) is 4. The van der Waals surface area contributed by atoms with Crippen LogP contribution >= 0.6 is 27.7 Å². The number of carboxylic acids is 1. The van der Waals surface area contributed by atoms with E-state index in [2.05, 4.69) is 20.7 Å². The van der Waals surface area contributed by atoms with Crippen LogP contribution in [0.3, 0.4) is 0 Å². The highest BCUT2D eigenvalue weighted by atomic mass is 79.9. The molecule has 0 amide bonds. The summed E-state index contributed by atoms with van der Waals surface area (Å²) >= 11 is 4.92. The van der Waals surface area contributed by atoms with Crippen LogP contribution in [0, 0.1) is 6.92 Å². The van der Waals surface area contributed by atoms with Gasteiger partial charge in [-0.25, -0.2) is 17.9 Å². The first-order chi connectivity index (χ1) is 9.79. The minimum Gasteiger partial charge on any atom is -0.478 e. The molecule has 0 aliphatic carbocycles. The molecule has 2 N–H and O–H groups in total. The number of thioether (sulfide) groups is 1. The molecule has 0 aliphatic heterocycles. The summed E-state index contributed by atoms with van der Waals surface area (Å²) in [4.78, 5) is 11.0. The van der Waals surface area contributed by atoms with E-state index >= 15 is 0 Å². The molecular formula is C13H18BrNO4S2. The summed E-state index contributed by atoms with van der Waals surface area (Å²) in [5, 5.41) is 9.03. The highest BCUT2D eigenvalue weighted by molar-refractivity contribution is 9.10. The summed E-state index contributed by atoms with van der Waals surface area (Å²) in [6.07, 6.45) is 3.68. The molecule has 0 fully saturated rings. The van der Waals surface area contributed by atoms with Gasteiger partial charge >= 0.3 is 5.97 Å². The van der Waals surface area contributed by atoms with Crippen molar-refractivity contribution in [1.82, 2.24) is 4.72 Å². The number of carboxylic acid groups (broad SMARTS) is 1. The van der Waals surface area contributed by atoms with Crippen LogP contribution in [0.25, 0.3) is 0 Å². The molecular weight excluding hydrogens is 378 g/mol. The third kappa shape index (κ3) is 5.28. The van der Waals surface area contributed by atoms with Gasteiger partial charge in [-0.3, -0.25) is 0 Å². The van der Waals surface area contributed by atoms with Crippen molar-refractivity contribution in [2.45, 2.75) is 24.7 Å². The number of halogens is 1. The maximum atomic E-state index is 12.3. The van der Waals surface area contributed by atoms with E-state index in [0.29, 0.717) is 16.6 Å². The van der Waals surface area contributed by atoms with Gasteiger partial charge in [0.05, 0.1) is 10.5 Å². The molecule has 118 valence electrons. The summed E-state index contributed by atoms with van der Waals surface area (Å²) in [5.41, 5.74) is 0.437. The van der Waals surface area contributed by atoms with E-state index in [9.17, 15) is 13.2 Å². The fraction of sp³-hybridized carbons (Fsp3) is 0.462. The van der Waals surface area contributed by atoms with Crippen molar-refractivity contribution in [2.24, 2.45) is 0 Å². The molecule has 5 nitrogen and oxygen atoms in total. The Morgan fingerprint density at radius 2 is 2.05 bits per heavy atom. The quantitative estimate of drug-likeness (QED) is 0.661. The molecule has 1 aromatic rings. The first kappa shape index (κ1) is 18.5. The second-order valence-corrected chi connectivity index (χ2v) is 8.06. The number of benzene rings is 1. The Morgan fingerprint density at radius 1 is 1.38 bits per heavy atom. The normalized spacial score (nSPS) is 11.6. The lowest BCUT2D eigenvalue weighted by Crippen LogP contribution is -2.26. The fourth-order valence-corrected chi connectivity index (χ4v) is 4.16. The first-order valence-electron chi connectivity index (χ1n) is 6.31. The van der Waals surface area contributed by atoms with Crippen LogP contribution in [0.2, 0.25) is 0 Å². The van der Waals surface area contributed by atoms with E-state index in [1.165, 1.54) is 12.1 Å². The second kappa shape index (κ2) is 8.17. The minimum absolute atomic E-state index is 0.000795. The van der Waals surface area contributed by atoms with Crippen LogP contribution in [0.15, 0.2) is 21.5 Å². The summed E-state index contributed by atoms with van der Waals surface area (Å²) in [6, 6.07) is 2.59. The number of rotatable bonds is 8. The van der Waals surface area contributed by atoms with Crippen LogP contribution in [0.4, 0.5) is 0 Å². The number of carbonyl (C=O) groups is 1. The molecule has 0 bridgehead atoms. The number of hydrogen-bond donors (Lipinski definition) is 2. The molecule has 0 saturated carbocycles. The van der Waals surface area contributed by atoms with Crippen molar-refractivity contribution < 1.29 is 18.3 Å². The van der Waals surface area contributed by atoms with Gasteiger partial charge in [0.1, 0.15) is 0 Å². The van der Waals surface area contributed by atoms with Gasteiger partial charge in [-0.05, 0) is 49.5 Å². The standard InChI is InChI=1S/C13H18BrNO4S2/c1-9-11(14)7-10(13(16)17)8-12(9)21(18,19)15-5-3-4-6-20-2/h7-8,15H,3-6H2,1-2H3,(H,16,17). The molecule has 21 heavy (non-hydrogen) atoms. The molecule has 1 rings (SSSR count). The summed E-state index contributed by atoms with van der Waals surface area (Å²) in [5.74, 6) is -0.173. The van der Waals surface area contributed by atoms with Gasteiger partial charge in [-0.15, -0.1) is 0 Å². The Bertz CT molecular complexity index is 617. The van der Waals surface area contributed by atoms with E-state index in [0.717, 1.165) is 18.6 Å². The zero-order valence-electron chi connectivity index (χ0n) is 11.8. The zero-order valence-corrected chi connectivity index (χ0v) is 15.1. The van der Waals surface area contributed by atoms with Gasteiger partial charge in [-0.1, -0.05) is 15.9 Å². The van der Waals surface area contributed by atoms with Crippen LogP contribution < -0.4 is 4.72 Å². The smallest absolute Gasteiger partial charge is 0.335 e. The predicted octanol–water partition coefficient (Wildman–Crippen LogP) is 2.88. The summed E-state index contributed by atoms with van der Waals surface area (Å²) in [7, 11) is -3.71. The van der Waals surface area contributed by atoms with Gasteiger partial charge in [0, 0.05) is 11.0 Å². The van der Waals surface area contributed by atoms with E-state index in [1.54, 1.807) is 18.7 Å². The van der Waals surface area contributed by atoms with Gasteiger partial charge < -0.3 is 5.11 Å². The van der Waals surface area contributed by atoms with E-state index in [-0.39, 0.29) is 10.5 Å². The average Bonchev–Trinajstić information content (AvgIpc) is 2.40. The van der Waals surface area contributed by atoms with Gasteiger partial charge in [0.15, 0.2) is 0 Å². The SMILES string of the molecule is CSCCCCNS(=O)(=O)c1cc(C(=O)O)cc(Br)c1C. The van der Waals surface area contributed by atoms with Crippen molar-refractivity contribution in [3.05, 3.63) is 27.7 Å². The molecule has 0 spiro atoms. The fourth-order valence-electron chi connectivity index (χ4n) is 1.71. The summed E-state index contributed by atoms with van der Waals surface area (Å²) in [6.45, 7) is 1.98. The third-order valence-electron chi connectivity index (χ3n) is 2.90. The molecule has 0 heterocycles. The highest BCUT2D eigenvalue weighted by Gasteiger charge is 2.20. The monoisotopic (exact) mass is 395 g/mol. The lowest BCUT2D eigenvalue weighted by atomic mass is 10.1. The minimum atomic E-state index is -3.71. The highest BCUT2D eigenvalue weighted by Crippen LogP contribution is 2.25. The predicted molar refractivity (Wildman–Crippen MR) is 88.6 cm³/mol. The van der Waals surface area contributed by atoms with Crippen LogP contribution in [-0.4, -0.2) is 38.0 Å². The van der Waals surface area contributed by atoms with E-state index in [1.807, 2.05) is 6.26 Å². The summed E-state index contributed by atoms with van der Waals surface area (Å²) < 4.78 is 27.5. The van der Waals surface area contributed by atoms with Crippen molar-refractivity contribution in [2.75, 3.05) is 18.6 Å². The Kier molecular flexibility index (Phi) is 7.19. The molecule has 8 heteroatoms. The third-order valence-corrected chi connectivity index (χ3v) is 6.01. The zero-order chi connectivity index (χ0) is 16.0. The molecule has 1 aromatic carbocycles. The second-order valence-electron chi connectivity index (χ2n) is 4.48. The lowest BCUT2D eigenvalue weighted by Gasteiger charge is -2.11. The topological polar surface area (TPSA) is 83.5 Å². The molecule has 0 aliphatic rings. The number of unbranched alkanes of at least 4 members (excludes halogenated alkanes) is 1. The molecule has 0 radical (unpaired) electrons. The Balaban J connectivity index is 2.94. The number of nitrogens with one attached hydrogen (secondary N) is 1. The first-order valence-corrected chi connectivity index (χ1v) is 9.98. The van der Waals surface area contributed by atoms with Crippen molar-refractivity contribution in [3.63, 3.8) is 0 Å². The molecule has 0 aromatic heterocycles. The maximum Gasteiger partial charge on any atom is 0.335 e. The van der Waals surface area contributed by atoms with Crippen LogP contribution in [0.1, 0.15) is 28.8 Å². The van der Waals surface area contributed by atoms with Crippen LogP contribution in [0.5, 0.6) is 0 Å². The van der Waals surface area contributed by atoms with Crippen molar-refractivity contribution in [3.8, 4) is 0 Å². The Morgan fingerprint density at radius 3 is 2.62 bits per heavy atom. The van der Waals surface area contributed by atoms with Gasteiger partial charge in [-0.2, -0.15) is 11.8 Å². The lowest BCUT2D eigenvalue weighted by molar-refractivity contribution is 0.0696. The maximum absolute atomic E-state index is 12.3. The van der Waals surface area contributed by atoms with Crippen LogP contribution in [-0.2, 0) is 10.0 Å². The average molecular weight is 396 g/mol. The Labute approximate surface area is 137 Å². The van der Waals surface area contributed by atoms with E-state index in [4.69, 9.17) is 5.11 Å². The molecule has 0 saturated heterocycles. The van der Waals surface area contributed by atoms with Gasteiger partial charge in [0.2, 0.25) is 10.0 Å². The Hall–Kier alpha value is -0.570. The largest absolute Gasteiger partial charge is 0.478 e. The number of sulfonamides is 1. The molecule has 0 unspecified atom stereocenters. The van der Waals surface area contributed by atoms with Gasteiger partial charge in [0.25, 0.3) is 0 Å². The van der Waals surface area contributed by atoms with Crippen molar-refractivity contribution in [1.29, 1.82) is 0 Å².